The summed E-state index contributed by atoms with van der Waals surface area (Å²) in [6.45, 7) is 0. The number of hydrogen-bond acceptors (Lipinski definition) is 4. The normalized spacial score (nSPS) is 10.6. The van der Waals surface area contributed by atoms with Crippen molar-refractivity contribution in [3.63, 3.8) is 0 Å². The van der Waals surface area contributed by atoms with Crippen molar-refractivity contribution in [2.24, 2.45) is 7.05 Å². The first-order valence-corrected chi connectivity index (χ1v) is 6.56. The molecule has 3 rings (SSSR count). The Morgan fingerprint density at radius 2 is 1.81 bits per heavy atom. The van der Waals surface area contributed by atoms with E-state index in [2.05, 4.69) is 10.3 Å². The van der Waals surface area contributed by atoms with Crippen molar-refractivity contribution in [2.45, 2.75) is 0 Å². The molecule has 5 nitrogen and oxygen atoms in total. The van der Waals surface area contributed by atoms with Gasteiger partial charge in [-0.05, 0) is 36.4 Å². The van der Waals surface area contributed by atoms with Crippen LogP contribution in [-0.2, 0) is 7.05 Å². The summed E-state index contributed by atoms with van der Waals surface area (Å²) in [6, 6.07) is 14.8. The number of nitrogens with zero attached hydrogens (tertiary/aromatic N) is 2. The number of benzene rings is 2. The van der Waals surface area contributed by atoms with Crippen LogP contribution >= 0.6 is 0 Å². The second kappa shape index (κ2) is 5.28. The fourth-order valence-electron chi connectivity index (χ4n) is 2.13. The van der Waals surface area contributed by atoms with E-state index in [4.69, 9.17) is 4.74 Å². The zero-order valence-corrected chi connectivity index (χ0v) is 11.8. The molecule has 2 aromatic carbocycles. The molecule has 21 heavy (non-hydrogen) atoms. The highest BCUT2D eigenvalue weighted by Crippen LogP contribution is 2.19. The summed E-state index contributed by atoms with van der Waals surface area (Å²) in [5.41, 5.74) is 1.45. The van der Waals surface area contributed by atoms with Gasteiger partial charge in [-0.3, -0.25) is 9.36 Å². The molecular weight excluding hydrogens is 266 g/mol. The van der Waals surface area contributed by atoms with Crippen molar-refractivity contribution in [1.82, 2.24) is 9.55 Å². The molecule has 0 amide bonds. The first-order valence-electron chi connectivity index (χ1n) is 6.56. The molecule has 0 aliphatic rings. The van der Waals surface area contributed by atoms with Gasteiger partial charge in [0.05, 0.1) is 18.0 Å². The fourth-order valence-corrected chi connectivity index (χ4v) is 2.13. The van der Waals surface area contributed by atoms with Crippen molar-refractivity contribution >= 4 is 22.5 Å². The van der Waals surface area contributed by atoms with E-state index in [0.29, 0.717) is 16.9 Å². The first-order chi connectivity index (χ1) is 10.2. The molecule has 0 radical (unpaired) electrons. The highest BCUT2D eigenvalue weighted by molar-refractivity contribution is 5.79. The van der Waals surface area contributed by atoms with Crippen LogP contribution in [0.2, 0.25) is 0 Å². The molecule has 106 valence electrons. The van der Waals surface area contributed by atoms with Gasteiger partial charge in [0.25, 0.3) is 5.56 Å². The van der Waals surface area contributed by atoms with Crippen molar-refractivity contribution in [2.75, 3.05) is 12.4 Å². The Labute approximate surface area is 121 Å². The quantitative estimate of drug-likeness (QED) is 0.802. The predicted molar refractivity (Wildman–Crippen MR) is 83.3 cm³/mol. The second-order valence-corrected chi connectivity index (χ2v) is 4.67. The topological polar surface area (TPSA) is 56.1 Å². The average Bonchev–Trinajstić information content (AvgIpc) is 2.53. The average molecular weight is 281 g/mol. The molecule has 0 saturated carbocycles. The van der Waals surface area contributed by atoms with Gasteiger partial charge in [0, 0.05) is 12.7 Å². The summed E-state index contributed by atoms with van der Waals surface area (Å²) in [5, 5.41) is 3.76. The van der Waals surface area contributed by atoms with Gasteiger partial charge in [-0.2, -0.15) is 0 Å². The Hall–Kier alpha value is -2.82. The lowest BCUT2D eigenvalue weighted by molar-refractivity contribution is 0.415. The van der Waals surface area contributed by atoms with Crippen LogP contribution < -0.4 is 15.6 Å². The molecule has 0 spiro atoms. The van der Waals surface area contributed by atoms with Crippen LogP contribution in [0, 0.1) is 0 Å². The predicted octanol–water partition coefficient (Wildman–Crippen LogP) is 2.69. The lowest BCUT2D eigenvalue weighted by Gasteiger charge is -2.11. The van der Waals surface area contributed by atoms with Crippen LogP contribution in [0.25, 0.3) is 10.9 Å². The van der Waals surface area contributed by atoms with Crippen LogP contribution in [0.15, 0.2) is 53.3 Å². The highest BCUT2D eigenvalue weighted by atomic mass is 16.5. The number of rotatable bonds is 3. The first kappa shape index (κ1) is 13.2. The number of methoxy groups -OCH3 is 1. The number of ether oxygens (including phenoxy) is 1. The summed E-state index contributed by atoms with van der Waals surface area (Å²) >= 11 is 0. The molecule has 1 N–H and O–H groups in total. The molecule has 0 bridgehead atoms. The Bertz CT molecular complexity index is 838. The number of anilines is 2. The minimum atomic E-state index is -0.0726. The van der Waals surface area contributed by atoms with Crippen molar-refractivity contribution in [1.29, 1.82) is 0 Å². The van der Waals surface area contributed by atoms with Crippen LogP contribution in [0.1, 0.15) is 0 Å². The van der Waals surface area contributed by atoms with Crippen LogP contribution in [0.4, 0.5) is 11.6 Å². The van der Waals surface area contributed by atoms with Crippen LogP contribution in [0.3, 0.4) is 0 Å². The Balaban J connectivity index is 2.03. The van der Waals surface area contributed by atoms with Gasteiger partial charge in [0.2, 0.25) is 5.95 Å². The van der Waals surface area contributed by atoms with E-state index in [0.717, 1.165) is 11.4 Å². The van der Waals surface area contributed by atoms with Crippen molar-refractivity contribution in [3.05, 3.63) is 58.9 Å². The lowest BCUT2D eigenvalue weighted by atomic mass is 10.2. The standard InChI is InChI=1S/C16H15N3O2/c1-19-15(20)13-5-3-4-6-14(13)18-16(19)17-11-7-9-12(21-2)10-8-11/h3-10H,1-2H3,(H,17,18). The molecule has 0 unspecified atom stereocenters. The third-order valence-corrected chi connectivity index (χ3v) is 3.33. The van der Waals surface area contributed by atoms with E-state index in [1.54, 1.807) is 20.2 Å². The second-order valence-electron chi connectivity index (χ2n) is 4.67. The molecular formula is C16H15N3O2. The molecule has 0 aliphatic heterocycles. The monoisotopic (exact) mass is 281 g/mol. The van der Waals surface area contributed by atoms with Crippen molar-refractivity contribution < 1.29 is 4.74 Å². The maximum Gasteiger partial charge on any atom is 0.262 e. The molecule has 0 fully saturated rings. The van der Waals surface area contributed by atoms with E-state index in [1.807, 2.05) is 42.5 Å². The van der Waals surface area contributed by atoms with Gasteiger partial charge in [-0.25, -0.2) is 4.98 Å². The molecule has 0 atom stereocenters. The number of nitrogens with one attached hydrogen (secondary N) is 1. The molecule has 5 heteroatoms. The lowest BCUT2D eigenvalue weighted by Crippen LogP contribution is -2.21. The Kier molecular flexibility index (Phi) is 3.31. The largest absolute Gasteiger partial charge is 0.497 e. The summed E-state index contributed by atoms with van der Waals surface area (Å²) in [4.78, 5) is 16.8. The number of hydrogen-bond donors (Lipinski definition) is 1. The van der Waals surface area contributed by atoms with E-state index >= 15 is 0 Å². The molecule has 1 heterocycles. The summed E-state index contributed by atoms with van der Waals surface area (Å²) < 4.78 is 6.63. The zero-order chi connectivity index (χ0) is 14.8. The van der Waals surface area contributed by atoms with E-state index in [-0.39, 0.29) is 5.56 Å². The molecule has 1 aromatic heterocycles. The molecule has 3 aromatic rings. The smallest absolute Gasteiger partial charge is 0.262 e. The maximum absolute atomic E-state index is 12.3. The highest BCUT2D eigenvalue weighted by Gasteiger charge is 2.07. The summed E-state index contributed by atoms with van der Waals surface area (Å²) in [5.74, 6) is 1.28. The maximum atomic E-state index is 12.3. The summed E-state index contributed by atoms with van der Waals surface area (Å²) in [7, 11) is 3.32. The van der Waals surface area contributed by atoms with Crippen molar-refractivity contribution in [3.8, 4) is 5.75 Å². The third-order valence-electron chi connectivity index (χ3n) is 3.33. The minimum absolute atomic E-state index is 0.0726. The molecule has 0 aliphatic carbocycles. The zero-order valence-electron chi connectivity index (χ0n) is 11.8. The van der Waals surface area contributed by atoms with Gasteiger partial charge in [-0.15, -0.1) is 0 Å². The summed E-state index contributed by atoms with van der Waals surface area (Å²) in [6.07, 6.45) is 0. The van der Waals surface area contributed by atoms with E-state index < -0.39 is 0 Å². The SMILES string of the molecule is COc1ccc(Nc2nc3ccccc3c(=O)n2C)cc1. The number of para-hydroxylation sites is 1. The third kappa shape index (κ3) is 2.45. The minimum Gasteiger partial charge on any atom is -0.497 e. The Morgan fingerprint density at radius 3 is 2.52 bits per heavy atom. The van der Waals surface area contributed by atoms with Crippen LogP contribution in [-0.4, -0.2) is 16.7 Å². The van der Waals surface area contributed by atoms with Crippen LogP contribution in [0.5, 0.6) is 5.75 Å². The number of aromatic nitrogens is 2. The van der Waals surface area contributed by atoms with Gasteiger partial charge in [-0.1, -0.05) is 12.1 Å². The van der Waals surface area contributed by atoms with E-state index in [1.165, 1.54) is 4.57 Å². The Morgan fingerprint density at radius 1 is 1.10 bits per heavy atom. The number of fused-ring (bicyclic) bond motifs is 1. The molecule has 0 saturated heterocycles. The van der Waals surface area contributed by atoms with Gasteiger partial charge in [0.15, 0.2) is 0 Å². The van der Waals surface area contributed by atoms with E-state index in [9.17, 15) is 4.79 Å². The van der Waals surface area contributed by atoms with Gasteiger partial charge >= 0.3 is 0 Å². The van der Waals surface area contributed by atoms with Gasteiger partial charge in [0.1, 0.15) is 5.75 Å². The van der Waals surface area contributed by atoms with Gasteiger partial charge < -0.3 is 10.1 Å². The fraction of sp³-hybridized carbons (Fsp3) is 0.125.